The van der Waals surface area contributed by atoms with E-state index in [0.717, 1.165) is 31.6 Å². The predicted molar refractivity (Wildman–Crippen MR) is 65.2 cm³/mol. The number of nitrogens with one attached hydrogen (secondary N) is 3. The van der Waals surface area contributed by atoms with E-state index < -0.39 is 0 Å². The molecule has 0 spiro atoms. The molecule has 2 rings (SSSR count). The van der Waals surface area contributed by atoms with Crippen molar-refractivity contribution in [1.82, 2.24) is 15.6 Å². The van der Waals surface area contributed by atoms with Gasteiger partial charge in [0, 0.05) is 18.3 Å². The fourth-order valence-corrected chi connectivity index (χ4v) is 1.99. The van der Waals surface area contributed by atoms with E-state index in [-0.39, 0.29) is 23.1 Å². The average Bonchev–Trinajstić information content (AvgIpc) is 2.30. The van der Waals surface area contributed by atoms with Crippen LogP contribution in [0.15, 0.2) is 16.9 Å². The van der Waals surface area contributed by atoms with Crippen LogP contribution in [0, 0.1) is 6.92 Å². The third-order valence-corrected chi connectivity index (χ3v) is 2.93. The van der Waals surface area contributed by atoms with Gasteiger partial charge in [-0.15, -0.1) is 0 Å². The van der Waals surface area contributed by atoms with Crippen molar-refractivity contribution >= 4 is 5.91 Å². The van der Waals surface area contributed by atoms with Gasteiger partial charge in [-0.2, -0.15) is 0 Å². The number of amides is 1. The minimum atomic E-state index is -0.328. The van der Waals surface area contributed by atoms with E-state index in [9.17, 15) is 9.59 Å². The highest BCUT2D eigenvalue weighted by atomic mass is 16.2. The summed E-state index contributed by atoms with van der Waals surface area (Å²) in [7, 11) is 0. The zero-order chi connectivity index (χ0) is 12.3. The highest BCUT2D eigenvalue weighted by Gasteiger charge is 2.17. The van der Waals surface area contributed by atoms with Gasteiger partial charge in [-0.3, -0.25) is 9.59 Å². The van der Waals surface area contributed by atoms with Gasteiger partial charge in [-0.1, -0.05) is 0 Å². The first-order valence-electron chi connectivity index (χ1n) is 5.88. The van der Waals surface area contributed by atoms with Crippen LogP contribution in [0.25, 0.3) is 0 Å². The molecule has 1 fully saturated rings. The van der Waals surface area contributed by atoms with E-state index in [0.29, 0.717) is 0 Å². The third-order valence-electron chi connectivity index (χ3n) is 2.93. The second-order valence-electron chi connectivity index (χ2n) is 4.40. The third kappa shape index (κ3) is 2.94. The fraction of sp³-hybridized carbons (Fsp3) is 0.500. The maximum absolute atomic E-state index is 11.9. The summed E-state index contributed by atoms with van der Waals surface area (Å²) in [6, 6.07) is 3.42. The van der Waals surface area contributed by atoms with Crippen molar-refractivity contribution in [3.8, 4) is 0 Å². The van der Waals surface area contributed by atoms with E-state index >= 15 is 0 Å². The van der Waals surface area contributed by atoms with Crippen molar-refractivity contribution < 1.29 is 4.79 Å². The number of H-pyrrole nitrogens is 1. The lowest BCUT2D eigenvalue weighted by atomic mass is 10.1. The number of aromatic nitrogens is 1. The molecular weight excluding hydrogens is 218 g/mol. The molecule has 0 saturated carbocycles. The van der Waals surface area contributed by atoms with E-state index in [4.69, 9.17) is 0 Å². The van der Waals surface area contributed by atoms with Gasteiger partial charge >= 0.3 is 0 Å². The Morgan fingerprint density at radius 2 is 2.29 bits per heavy atom. The molecule has 0 bridgehead atoms. The molecule has 1 amide bonds. The normalized spacial score (nSPS) is 19.9. The Bertz CT molecular complexity index is 461. The molecule has 5 nitrogen and oxygen atoms in total. The van der Waals surface area contributed by atoms with Crippen LogP contribution < -0.4 is 16.2 Å². The topological polar surface area (TPSA) is 74.0 Å². The molecule has 1 saturated heterocycles. The molecule has 0 radical (unpaired) electrons. The Morgan fingerprint density at radius 3 is 2.94 bits per heavy atom. The Hall–Kier alpha value is -1.62. The lowest BCUT2D eigenvalue weighted by Gasteiger charge is -2.23. The van der Waals surface area contributed by atoms with Gasteiger partial charge in [-0.05, 0) is 38.4 Å². The second-order valence-corrected chi connectivity index (χ2v) is 4.40. The van der Waals surface area contributed by atoms with Crippen molar-refractivity contribution in [2.75, 3.05) is 13.1 Å². The number of pyridine rings is 1. The van der Waals surface area contributed by atoms with E-state index in [1.807, 2.05) is 0 Å². The molecule has 2 heterocycles. The SMILES string of the molecule is Cc1ccc(C(=O)N[C@@H]2CCCNC2)c(=O)[nH]1. The molecule has 3 N–H and O–H groups in total. The predicted octanol–water partition coefficient (Wildman–Crippen LogP) is 0.165. The number of hydrogen-bond donors (Lipinski definition) is 3. The molecule has 92 valence electrons. The number of aromatic amines is 1. The highest BCUT2D eigenvalue weighted by molar-refractivity contribution is 5.94. The zero-order valence-corrected chi connectivity index (χ0v) is 9.88. The first-order chi connectivity index (χ1) is 8.16. The maximum Gasteiger partial charge on any atom is 0.260 e. The number of piperidine rings is 1. The van der Waals surface area contributed by atoms with Crippen LogP contribution in [-0.4, -0.2) is 30.0 Å². The zero-order valence-electron chi connectivity index (χ0n) is 9.88. The van der Waals surface area contributed by atoms with Crippen LogP contribution in [0.4, 0.5) is 0 Å². The van der Waals surface area contributed by atoms with Crippen molar-refractivity contribution in [3.63, 3.8) is 0 Å². The fourth-order valence-electron chi connectivity index (χ4n) is 1.99. The van der Waals surface area contributed by atoms with Gasteiger partial charge < -0.3 is 15.6 Å². The lowest BCUT2D eigenvalue weighted by molar-refractivity contribution is 0.0929. The highest BCUT2D eigenvalue weighted by Crippen LogP contribution is 2.02. The second kappa shape index (κ2) is 5.14. The largest absolute Gasteiger partial charge is 0.348 e. The molecule has 0 aliphatic carbocycles. The summed E-state index contributed by atoms with van der Waals surface area (Å²) in [6.07, 6.45) is 2.01. The number of hydrogen-bond acceptors (Lipinski definition) is 3. The first-order valence-corrected chi connectivity index (χ1v) is 5.88. The Morgan fingerprint density at radius 1 is 1.47 bits per heavy atom. The van der Waals surface area contributed by atoms with Crippen LogP contribution in [0.5, 0.6) is 0 Å². The van der Waals surface area contributed by atoms with Crippen LogP contribution >= 0.6 is 0 Å². The standard InChI is InChI=1S/C12H17N3O2/c1-8-4-5-10(11(16)14-8)12(17)15-9-3-2-6-13-7-9/h4-5,9,13H,2-3,6-7H2,1H3,(H,14,16)(H,15,17)/t9-/m1/s1. The Balaban J connectivity index is 2.06. The van der Waals surface area contributed by atoms with Gasteiger partial charge in [0.2, 0.25) is 0 Å². The Labute approximate surface area is 99.6 Å². The monoisotopic (exact) mass is 235 g/mol. The summed E-state index contributed by atoms with van der Waals surface area (Å²) >= 11 is 0. The Kier molecular flexibility index (Phi) is 3.58. The molecular formula is C12H17N3O2. The number of carbonyl (C=O) groups excluding carboxylic acids is 1. The van der Waals surface area contributed by atoms with Gasteiger partial charge in [0.05, 0.1) is 0 Å². The number of rotatable bonds is 2. The van der Waals surface area contributed by atoms with Gasteiger partial charge in [0.25, 0.3) is 11.5 Å². The molecule has 1 aromatic heterocycles. The van der Waals surface area contributed by atoms with Gasteiger partial charge in [0.15, 0.2) is 0 Å². The van der Waals surface area contributed by atoms with E-state index in [1.54, 1.807) is 19.1 Å². The summed E-state index contributed by atoms with van der Waals surface area (Å²) in [5.41, 5.74) is 0.610. The number of aryl methyl sites for hydroxylation is 1. The molecule has 1 aromatic rings. The minimum absolute atomic E-state index is 0.122. The van der Waals surface area contributed by atoms with Crippen molar-refractivity contribution in [2.24, 2.45) is 0 Å². The molecule has 1 aliphatic rings. The van der Waals surface area contributed by atoms with Crippen LogP contribution in [0.2, 0.25) is 0 Å². The summed E-state index contributed by atoms with van der Waals surface area (Å²) in [6.45, 7) is 3.56. The van der Waals surface area contributed by atoms with Crippen LogP contribution in [-0.2, 0) is 0 Å². The quantitative estimate of drug-likeness (QED) is 0.684. The summed E-state index contributed by atoms with van der Waals surface area (Å²) in [5.74, 6) is -0.292. The molecule has 1 atom stereocenters. The summed E-state index contributed by atoms with van der Waals surface area (Å²) in [5, 5.41) is 6.09. The van der Waals surface area contributed by atoms with Crippen LogP contribution in [0.1, 0.15) is 28.9 Å². The van der Waals surface area contributed by atoms with Crippen molar-refractivity contribution in [2.45, 2.75) is 25.8 Å². The van der Waals surface area contributed by atoms with E-state index in [2.05, 4.69) is 15.6 Å². The smallest absolute Gasteiger partial charge is 0.260 e. The molecule has 17 heavy (non-hydrogen) atoms. The average molecular weight is 235 g/mol. The molecule has 1 aliphatic heterocycles. The molecule has 5 heteroatoms. The lowest BCUT2D eigenvalue weighted by Crippen LogP contribution is -2.46. The van der Waals surface area contributed by atoms with Crippen molar-refractivity contribution in [1.29, 1.82) is 0 Å². The van der Waals surface area contributed by atoms with Crippen molar-refractivity contribution in [3.05, 3.63) is 33.7 Å². The summed E-state index contributed by atoms with van der Waals surface area (Å²) in [4.78, 5) is 26.1. The maximum atomic E-state index is 11.9. The molecule has 0 unspecified atom stereocenters. The van der Waals surface area contributed by atoms with Gasteiger partial charge in [-0.25, -0.2) is 0 Å². The summed E-state index contributed by atoms with van der Waals surface area (Å²) < 4.78 is 0. The van der Waals surface area contributed by atoms with Gasteiger partial charge in [0.1, 0.15) is 5.56 Å². The number of carbonyl (C=O) groups is 1. The van der Waals surface area contributed by atoms with Crippen LogP contribution in [0.3, 0.4) is 0 Å². The van der Waals surface area contributed by atoms with E-state index in [1.165, 1.54) is 0 Å². The minimum Gasteiger partial charge on any atom is -0.348 e. The molecule has 0 aromatic carbocycles. The first kappa shape index (κ1) is 11.9.